The molecule has 0 amide bonds. The van der Waals surface area contributed by atoms with Crippen LogP contribution in [0.5, 0.6) is 0 Å². The fourth-order valence-electron chi connectivity index (χ4n) is 1.83. The third kappa shape index (κ3) is 4.57. The van der Waals surface area contributed by atoms with Crippen LogP contribution < -0.4 is 5.32 Å². The van der Waals surface area contributed by atoms with Crippen LogP contribution in [-0.2, 0) is 0 Å². The summed E-state index contributed by atoms with van der Waals surface area (Å²) in [6, 6.07) is 4.16. The lowest BCUT2D eigenvalue weighted by molar-refractivity contribution is 0.480. The van der Waals surface area contributed by atoms with Gasteiger partial charge in [-0.25, -0.2) is 8.78 Å². The molecular formula is C15H21F2N. The lowest BCUT2D eigenvalue weighted by Gasteiger charge is -2.19. The second-order valence-electron chi connectivity index (χ2n) is 4.68. The zero-order chi connectivity index (χ0) is 13.5. The monoisotopic (exact) mass is 253 g/mol. The molecule has 0 aliphatic heterocycles. The quantitative estimate of drug-likeness (QED) is 0.712. The summed E-state index contributed by atoms with van der Waals surface area (Å²) in [5.41, 5.74) is 1.89. The maximum Gasteiger partial charge on any atom is 0.159 e. The number of nitrogens with one attached hydrogen (secondary N) is 1. The van der Waals surface area contributed by atoms with E-state index in [1.165, 1.54) is 12.1 Å². The minimum absolute atomic E-state index is 0.0525. The van der Waals surface area contributed by atoms with Crippen molar-refractivity contribution in [3.05, 3.63) is 47.5 Å². The van der Waals surface area contributed by atoms with Crippen LogP contribution in [0.2, 0.25) is 0 Å². The summed E-state index contributed by atoms with van der Waals surface area (Å²) in [4.78, 5) is 0. The maximum absolute atomic E-state index is 13.2. The average molecular weight is 253 g/mol. The second kappa shape index (κ2) is 7.27. The van der Waals surface area contributed by atoms with E-state index in [2.05, 4.69) is 18.8 Å². The van der Waals surface area contributed by atoms with Gasteiger partial charge in [-0.2, -0.15) is 0 Å². The largest absolute Gasteiger partial charge is 0.310 e. The number of hydrogen-bond acceptors (Lipinski definition) is 1. The summed E-state index contributed by atoms with van der Waals surface area (Å²) in [5.74, 6) is -1.58. The van der Waals surface area contributed by atoms with Gasteiger partial charge in [0.25, 0.3) is 0 Å². The predicted molar refractivity (Wildman–Crippen MR) is 71.4 cm³/mol. The SMILES string of the molecule is C=C(C)CCC(NCCC)c1ccc(F)c(F)c1. The lowest BCUT2D eigenvalue weighted by Crippen LogP contribution is -2.22. The molecule has 0 heterocycles. The fraction of sp³-hybridized carbons (Fsp3) is 0.467. The van der Waals surface area contributed by atoms with Gasteiger partial charge in [-0.05, 0) is 50.4 Å². The van der Waals surface area contributed by atoms with Crippen molar-refractivity contribution >= 4 is 0 Å². The topological polar surface area (TPSA) is 12.0 Å². The van der Waals surface area contributed by atoms with Crippen LogP contribution in [0.1, 0.15) is 44.7 Å². The molecule has 1 unspecified atom stereocenters. The molecule has 0 aliphatic rings. The molecule has 1 aromatic rings. The Balaban J connectivity index is 2.79. The Kier molecular flexibility index (Phi) is 5.99. The summed E-state index contributed by atoms with van der Waals surface area (Å²) < 4.78 is 26.2. The van der Waals surface area contributed by atoms with Crippen LogP contribution in [0.15, 0.2) is 30.4 Å². The van der Waals surface area contributed by atoms with Crippen molar-refractivity contribution in [2.24, 2.45) is 0 Å². The molecule has 0 fully saturated rings. The average Bonchev–Trinajstić information content (AvgIpc) is 2.33. The number of hydrogen-bond donors (Lipinski definition) is 1. The standard InChI is InChI=1S/C15H21F2N/c1-4-9-18-15(8-5-11(2)3)12-6-7-13(16)14(17)10-12/h6-7,10,15,18H,2,4-5,8-9H2,1,3H3. The van der Waals surface area contributed by atoms with Gasteiger partial charge in [0.05, 0.1) is 0 Å². The molecule has 0 saturated heterocycles. The third-order valence-electron chi connectivity index (χ3n) is 2.85. The van der Waals surface area contributed by atoms with E-state index in [0.29, 0.717) is 0 Å². The van der Waals surface area contributed by atoms with Crippen molar-refractivity contribution in [3.63, 3.8) is 0 Å². The highest BCUT2D eigenvalue weighted by Gasteiger charge is 2.13. The predicted octanol–water partition coefficient (Wildman–Crippen LogP) is 4.36. The first-order valence-corrected chi connectivity index (χ1v) is 6.37. The molecule has 1 aromatic carbocycles. The molecule has 3 heteroatoms. The van der Waals surface area contributed by atoms with Crippen LogP contribution in [0.25, 0.3) is 0 Å². The first-order valence-electron chi connectivity index (χ1n) is 6.37. The Morgan fingerprint density at radius 3 is 2.61 bits per heavy atom. The van der Waals surface area contributed by atoms with Gasteiger partial charge in [0.1, 0.15) is 0 Å². The smallest absolute Gasteiger partial charge is 0.159 e. The van der Waals surface area contributed by atoms with Crippen molar-refractivity contribution in [2.75, 3.05) is 6.54 Å². The minimum atomic E-state index is -0.798. The van der Waals surface area contributed by atoms with Gasteiger partial charge in [-0.3, -0.25) is 0 Å². The normalized spacial score (nSPS) is 12.4. The van der Waals surface area contributed by atoms with Crippen molar-refractivity contribution in [1.29, 1.82) is 0 Å². The van der Waals surface area contributed by atoms with Crippen molar-refractivity contribution < 1.29 is 8.78 Å². The van der Waals surface area contributed by atoms with E-state index in [0.717, 1.165) is 36.9 Å². The zero-order valence-electron chi connectivity index (χ0n) is 11.1. The van der Waals surface area contributed by atoms with E-state index < -0.39 is 11.6 Å². The van der Waals surface area contributed by atoms with Gasteiger partial charge in [-0.15, -0.1) is 6.58 Å². The molecule has 0 saturated carbocycles. The Hall–Kier alpha value is -1.22. The summed E-state index contributed by atoms with van der Waals surface area (Å²) in [6.07, 6.45) is 2.73. The minimum Gasteiger partial charge on any atom is -0.310 e. The molecule has 0 aliphatic carbocycles. The highest BCUT2D eigenvalue weighted by Crippen LogP contribution is 2.22. The van der Waals surface area contributed by atoms with E-state index in [1.807, 2.05) is 6.92 Å². The van der Waals surface area contributed by atoms with Crippen LogP contribution >= 0.6 is 0 Å². The molecule has 0 radical (unpaired) electrons. The van der Waals surface area contributed by atoms with Gasteiger partial charge < -0.3 is 5.32 Å². The third-order valence-corrected chi connectivity index (χ3v) is 2.85. The first-order chi connectivity index (χ1) is 8.54. The van der Waals surface area contributed by atoms with Crippen LogP contribution in [0.3, 0.4) is 0 Å². The van der Waals surface area contributed by atoms with Crippen molar-refractivity contribution in [1.82, 2.24) is 5.32 Å². The molecule has 1 nitrogen and oxygen atoms in total. The van der Waals surface area contributed by atoms with Crippen molar-refractivity contribution in [2.45, 2.75) is 39.2 Å². The molecule has 1 N–H and O–H groups in total. The Bertz CT molecular complexity index is 401. The van der Waals surface area contributed by atoms with Gasteiger partial charge in [0.2, 0.25) is 0 Å². The first kappa shape index (κ1) is 14.8. The van der Waals surface area contributed by atoms with Crippen molar-refractivity contribution in [3.8, 4) is 0 Å². The fourth-order valence-corrected chi connectivity index (χ4v) is 1.83. The number of rotatable bonds is 7. The molecule has 100 valence electrons. The summed E-state index contributed by atoms with van der Waals surface area (Å²) in [7, 11) is 0. The van der Waals surface area contributed by atoms with E-state index in [4.69, 9.17) is 0 Å². The number of benzene rings is 1. The highest BCUT2D eigenvalue weighted by molar-refractivity contribution is 5.21. The molecule has 0 bridgehead atoms. The Morgan fingerprint density at radius 1 is 1.33 bits per heavy atom. The van der Waals surface area contributed by atoms with E-state index in [1.54, 1.807) is 6.07 Å². The second-order valence-corrected chi connectivity index (χ2v) is 4.68. The molecule has 18 heavy (non-hydrogen) atoms. The summed E-state index contributed by atoms with van der Waals surface area (Å²) >= 11 is 0. The molecule has 0 spiro atoms. The Morgan fingerprint density at radius 2 is 2.06 bits per heavy atom. The number of allylic oxidation sites excluding steroid dienone is 1. The zero-order valence-corrected chi connectivity index (χ0v) is 11.1. The van der Waals surface area contributed by atoms with Crippen LogP contribution in [0, 0.1) is 11.6 Å². The van der Waals surface area contributed by atoms with E-state index >= 15 is 0 Å². The van der Waals surface area contributed by atoms with Gasteiger partial charge >= 0.3 is 0 Å². The Labute approximate surface area is 108 Å². The van der Waals surface area contributed by atoms with E-state index in [-0.39, 0.29) is 6.04 Å². The van der Waals surface area contributed by atoms with Crippen LogP contribution in [-0.4, -0.2) is 6.54 Å². The summed E-state index contributed by atoms with van der Waals surface area (Å²) in [6.45, 7) is 8.78. The van der Waals surface area contributed by atoms with Crippen LogP contribution in [0.4, 0.5) is 8.78 Å². The van der Waals surface area contributed by atoms with Gasteiger partial charge in [-0.1, -0.05) is 18.6 Å². The van der Waals surface area contributed by atoms with Gasteiger partial charge in [0, 0.05) is 6.04 Å². The lowest BCUT2D eigenvalue weighted by atomic mass is 9.99. The van der Waals surface area contributed by atoms with Gasteiger partial charge in [0.15, 0.2) is 11.6 Å². The molecule has 1 atom stereocenters. The molecule has 1 rings (SSSR count). The number of halogens is 2. The maximum atomic E-state index is 13.2. The molecular weight excluding hydrogens is 232 g/mol. The summed E-state index contributed by atoms with van der Waals surface area (Å²) in [5, 5.41) is 3.36. The highest BCUT2D eigenvalue weighted by atomic mass is 19.2. The van der Waals surface area contributed by atoms with E-state index in [9.17, 15) is 8.78 Å². The molecule has 0 aromatic heterocycles.